The molecule has 1 aromatic heterocycles. The van der Waals surface area contributed by atoms with Crippen LogP contribution in [0.3, 0.4) is 0 Å². The van der Waals surface area contributed by atoms with E-state index in [9.17, 15) is 4.79 Å². The smallest absolute Gasteiger partial charge is 0.260 e. The molecule has 2 heterocycles. The van der Waals surface area contributed by atoms with Gasteiger partial charge in [0.15, 0.2) is 15.6 Å². The number of hydrogen-bond acceptors (Lipinski definition) is 8. The number of anilines is 2. The summed E-state index contributed by atoms with van der Waals surface area (Å²) in [5, 5.41) is 4.58. The number of hydrogen-bond donors (Lipinski definition) is 1. The predicted molar refractivity (Wildman–Crippen MR) is 193 cm³/mol. The Morgan fingerprint density at radius 2 is 1.40 bits per heavy atom. The molecule has 1 aliphatic heterocycles. The Hall–Kier alpha value is -4.21. The molecular weight excluding hydrogens is 621 g/mol. The highest BCUT2D eigenvalue weighted by Crippen LogP contribution is 2.34. The van der Waals surface area contributed by atoms with Crippen LogP contribution in [0.15, 0.2) is 106 Å². The molecule has 2 fully saturated rings. The first kappa shape index (κ1) is 33.7. The minimum atomic E-state index is -0.480. The van der Waals surface area contributed by atoms with Gasteiger partial charge in [-0.15, -0.1) is 0 Å². The summed E-state index contributed by atoms with van der Waals surface area (Å²) in [5.41, 5.74) is 1.12. The van der Waals surface area contributed by atoms with Crippen LogP contribution in [-0.4, -0.2) is 75.8 Å². The number of aromatic nitrogens is 1. The molecule has 4 aromatic rings. The van der Waals surface area contributed by atoms with Gasteiger partial charge in [0.1, 0.15) is 34.0 Å². The number of nitrogens with zero attached hydrogens (tertiary/aromatic N) is 3. The summed E-state index contributed by atoms with van der Waals surface area (Å²) in [6.07, 6.45) is 5.42. The lowest BCUT2D eigenvalue weighted by Crippen LogP contribution is -2.52. The first-order valence-electron chi connectivity index (χ1n) is 17.0. The Morgan fingerprint density at radius 3 is 2.00 bits per heavy atom. The van der Waals surface area contributed by atoms with Gasteiger partial charge in [0, 0.05) is 44.7 Å². The Balaban J connectivity index is 1.24. The topological polar surface area (TPSA) is 76.2 Å². The molecule has 1 atom stereocenters. The normalized spacial score (nSPS) is 16.4. The fourth-order valence-electron chi connectivity index (χ4n) is 6.79. The highest BCUT2D eigenvalue weighted by atomic mass is 32.2. The monoisotopic (exact) mass is 667 g/mol. The van der Waals surface area contributed by atoms with Crippen molar-refractivity contribution in [2.24, 2.45) is 5.92 Å². The molecule has 1 unspecified atom stereocenters. The summed E-state index contributed by atoms with van der Waals surface area (Å²) in [6.45, 7) is 4.17. The van der Waals surface area contributed by atoms with Gasteiger partial charge in [-0.2, -0.15) is 4.98 Å². The number of carbonyl (C=O) groups excluding carboxylic acids is 1. The van der Waals surface area contributed by atoms with Crippen molar-refractivity contribution in [1.82, 2.24) is 9.88 Å². The van der Waals surface area contributed by atoms with E-state index in [2.05, 4.69) is 57.6 Å². The van der Waals surface area contributed by atoms with Crippen molar-refractivity contribution in [1.29, 1.82) is 0 Å². The highest BCUT2D eigenvalue weighted by molar-refractivity contribution is 7.97. The van der Waals surface area contributed by atoms with Crippen molar-refractivity contribution in [3.8, 4) is 17.2 Å². The largest absolute Gasteiger partial charge is 0.497 e. The van der Waals surface area contributed by atoms with Crippen LogP contribution in [-0.2, 0) is 15.7 Å². The molecule has 1 saturated carbocycles. The lowest BCUT2D eigenvalue weighted by molar-refractivity contribution is -0.125. The third kappa shape index (κ3) is 8.08. The Kier molecular flexibility index (Phi) is 11.4. The molecule has 9 heteroatoms. The zero-order valence-electron chi connectivity index (χ0n) is 28.3. The zero-order chi connectivity index (χ0) is 33.3. The van der Waals surface area contributed by atoms with Gasteiger partial charge >= 0.3 is 0 Å². The van der Waals surface area contributed by atoms with E-state index in [0.717, 1.165) is 95.4 Å². The van der Waals surface area contributed by atoms with Gasteiger partial charge in [0.25, 0.3) is 5.03 Å². The standard InChI is InChI=1S/C39H47N4O4S/c1-45-30-16-20-32(21-17-30)48(33-22-18-31(46-2)19-23-33)38-15-9-14-37(41-38)40-34(39(44)29-10-5-4-6-11-29)28-42-24-26-43(27-25-42)35-12-7-8-13-36(35)47-3/h7-9,12-23,29,34H,4-6,10-11,24-28H2,1-3H3,(H,40,41)/q+1. The molecule has 6 rings (SSSR count). The van der Waals surface area contributed by atoms with Gasteiger partial charge in [-0.3, -0.25) is 9.69 Å². The maximum atomic E-state index is 14.2. The maximum absolute atomic E-state index is 14.2. The fourth-order valence-corrected chi connectivity index (χ4v) is 8.76. The van der Waals surface area contributed by atoms with Crippen LogP contribution < -0.4 is 24.4 Å². The molecule has 2 aliphatic rings. The van der Waals surface area contributed by atoms with E-state index in [1.807, 2.05) is 48.5 Å². The van der Waals surface area contributed by atoms with Gasteiger partial charge in [0.05, 0.1) is 33.1 Å². The summed E-state index contributed by atoms with van der Waals surface area (Å²) in [6, 6.07) is 30.4. The number of pyridine rings is 1. The zero-order valence-corrected chi connectivity index (χ0v) is 29.1. The molecule has 8 nitrogen and oxygen atoms in total. The van der Waals surface area contributed by atoms with E-state index < -0.39 is 10.9 Å². The van der Waals surface area contributed by atoms with Crippen molar-refractivity contribution in [3.05, 3.63) is 91.0 Å². The predicted octanol–water partition coefficient (Wildman–Crippen LogP) is 6.95. The van der Waals surface area contributed by atoms with E-state index in [0.29, 0.717) is 12.3 Å². The Bertz CT molecular complexity index is 1570. The van der Waals surface area contributed by atoms with Gasteiger partial charge in [-0.1, -0.05) is 37.5 Å². The van der Waals surface area contributed by atoms with Crippen molar-refractivity contribution >= 4 is 28.2 Å². The lowest BCUT2D eigenvalue weighted by Gasteiger charge is -2.38. The summed E-state index contributed by atoms with van der Waals surface area (Å²) in [4.78, 5) is 26.4. The van der Waals surface area contributed by atoms with E-state index >= 15 is 0 Å². The van der Waals surface area contributed by atoms with Crippen molar-refractivity contribution in [2.75, 3.05) is 64.3 Å². The van der Waals surface area contributed by atoms with E-state index in [1.165, 1.54) is 6.42 Å². The van der Waals surface area contributed by atoms with Crippen LogP contribution in [0.5, 0.6) is 17.2 Å². The van der Waals surface area contributed by atoms with Gasteiger partial charge in [-0.05, 0) is 79.6 Å². The van der Waals surface area contributed by atoms with Crippen LogP contribution in [0.25, 0.3) is 0 Å². The fraction of sp³-hybridized carbons (Fsp3) is 0.385. The molecule has 1 N–H and O–H groups in total. The summed E-state index contributed by atoms with van der Waals surface area (Å²) in [7, 11) is 4.61. The Morgan fingerprint density at radius 1 is 0.771 bits per heavy atom. The lowest BCUT2D eigenvalue weighted by atomic mass is 9.83. The number of piperazine rings is 1. The first-order chi connectivity index (χ1) is 23.6. The van der Waals surface area contributed by atoms with Crippen LogP contribution >= 0.6 is 0 Å². The second kappa shape index (κ2) is 16.3. The van der Waals surface area contributed by atoms with Crippen LogP contribution in [0, 0.1) is 5.92 Å². The number of benzene rings is 3. The molecule has 0 spiro atoms. The quantitative estimate of drug-likeness (QED) is 0.154. The van der Waals surface area contributed by atoms with E-state index in [1.54, 1.807) is 21.3 Å². The first-order valence-corrected chi connectivity index (χ1v) is 18.2. The maximum Gasteiger partial charge on any atom is 0.260 e. The molecule has 0 bridgehead atoms. The third-order valence-electron chi connectivity index (χ3n) is 9.43. The Labute approximate surface area is 287 Å². The number of ketones is 1. The second-order valence-corrected chi connectivity index (χ2v) is 14.4. The summed E-state index contributed by atoms with van der Waals surface area (Å²) >= 11 is 0. The number of nitrogens with one attached hydrogen (secondary N) is 1. The summed E-state index contributed by atoms with van der Waals surface area (Å²) in [5.74, 6) is 3.67. The molecule has 0 radical (unpaired) electrons. The van der Waals surface area contributed by atoms with Crippen molar-refractivity contribution in [2.45, 2.75) is 53.0 Å². The highest BCUT2D eigenvalue weighted by Gasteiger charge is 2.34. The van der Waals surface area contributed by atoms with Crippen LogP contribution in [0.4, 0.5) is 11.5 Å². The average molecular weight is 668 g/mol. The number of para-hydroxylation sites is 2. The number of Topliss-reactive ketones (excluding diaryl/α,β-unsaturated/α-hetero) is 1. The van der Waals surface area contributed by atoms with Gasteiger partial charge in [-0.25, -0.2) is 0 Å². The number of methoxy groups -OCH3 is 3. The molecule has 48 heavy (non-hydrogen) atoms. The number of rotatable bonds is 13. The third-order valence-corrected chi connectivity index (χ3v) is 11.6. The molecule has 252 valence electrons. The van der Waals surface area contributed by atoms with Crippen LogP contribution in [0.2, 0.25) is 0 Å². The summed E-state index contributed by atoms with van der Waals surface area (Å²) < 4.78 is 16.5. The molecular formula is C39H47N4O4S+. The molecule has 0 amide bonds. The van der Waals surface area contributed by atoms with E-state index in [4.69, 9.17) is 19.2 Å². The second-order valence-electron chi connectivity index (χ2n) is 12.4. The molecule has 1 aliphatic carbocycles. The SMILES string of the molecule is COc1ccc([S+](c2ccc(OC)cc2)c2cccc(NC(CN3CCN(c4ccccc4OC)CC3)C(=O)C3CCCCC3)n2)cc1. The average Bonchev–Trinajstić information content (AvgIpc) is 3.16. The van der Waals surface area contributed by atoms with Gasteiger partial charge < -0.3 is 24.4 Å². The number of ether oxygens (including phenoxy) is 3. The molecule has 3 aromatic carbocycles. The minimum absolute atomic E-state index is 0.0996. The van der Waals surface area contributed by atoms with Crippen LogP contribution in [0.1, 0.15) is 32.1 Å². The van der Waals surface area contributed by atoms with Crippen molar-refractivity contribution in [3.63, 3.8) is 0 Å². The van der Waals surface area contributed by atoms with Crippen molar-refractivity contribution < 1.29 is 19.0 Å². The number of carbonyl (C=O) groups is 1. The van der Waals surface area contributed by atoms with Gasteiger partial charge in [0.2, 0.25) is 0 Å². The molecule has 1 saturated heterocycles. The van der Waals surface area contributed by atoms with E-state index in [-0.39, 0.29) is 12.0 Å². The minimum Gasteiger partial charge on any atom is -0.497 e.